The van der Waals surface area contributed by atoms with Crippen LogP contribution in [0, 0.1) is 17.8 Å². The second-order valence-electron chi connectivity index (χ2n) is 6.39. The summed E-state index contributed by atoms with van der Waals surface area (Å²) in [6, 6.07) is 1.21. The maximum absolute atomic E-state index is 6.21. The molecule has 2 nitrogen and oxygen atoms in total. The van der Waals surface area contributed by atoms with Crippen LogP contribution in [0.3, 0.4) is 0 Å². The van der Waals surface area contributed by atoms with Crippen LogP contribution in [-0.4, -0.2) is 30.1 Å². The Hall–Kier alpha value is -0.0800. The van der Waals surface area contributed by atoms with Crippen molar-refractivity contribution >= 4 is 0 Å². The van der Waals surface area contributed by atoms with Crippen LogP contribution < -0.4 is 5.73 Å². The highest BCUT2D eigenvalue weighted by Gasteiger charge is 2.33. The fourth-order valence-corrected chi connectivity index (χ4v) is 3.44. The zero-order chi connectivity index (χ0) is 11.7. The van der Waals surface area contributed by atoms with Crippen molar-refractivity contribution in [3.05, 3.63) is 0 Å². The van der Waals surface area contributed by atoms with E-state index in [1.165, 1.54) is 32.2 Å². The first kappa shape index (κ1) is 12.4. The van der Waals surface area contributed by atoms with E-state index < -0.39 is 0 Å². The Balaban J connectivity index is 1.95. The SMILES string of the molecule is CC1CCC(C)C(N2CCC(C)C(N)C2)C1. The van der Waals surface area contributed by atoms with E-state index in [9.17, 15) is 0 Å². The van der Waals surface area contributed by atoms with Crippen LogP contribution in [0.4, 0.5) is 0 Å². The zero-order valence-corrected chi connectivity index (χ0v) is 11.2. The normalized spacial score (nSPS) is 46.9. The monoisotopic (exact) mass is 224 g/mol. The molecule has 0 aromatic heterocycles. The predicted molar refractivity (Wildman–Crippen MR) is 69.3 cm³/mol. The van der Waals surface area contributed by atoms with E-state index in [1.807, 2.05) is 0 Å². The minimum absolute atomic E-state index is 0.401. The van der Waals surface area contributed by atoms with E-state index in [0.29, 0.717) is 12.0 Å². The molecule has 2 N–H and O–H groups in total. The number of hydrogen-bond acceptors (Lipinski definition) is 2. The first-order valence-electron chi connectivity index (χ1n) is 7.07. The maximum Gasteiger partial charge on any atom is 0.0194 e. The Labute approximate surface area is 101 Å². The second kappa shape index (κ2) is 5.05. The Kier molecular flexibility index (Phi) is 3.91. The molecule has 0 amide bonds. The van der Waals surface area contributed by atoms with Crippen LogP contribution in [0.15, 0.2) is 0 Å². The van der Waals surface area contributed by atoms with Gasteiger partial charge in [0.05, 0.1) is 0 Å². The zero-order valence-electron chi connectivity index (χ0n) is 11.2. The molecule has 0 spiro atoms. The van der Waals surface area contributed by atoms with Gasteiger partial charge in [-0.05, 0) is 43.6 Å². The van der Waals surface area contributed by atoms with Gasteiger partial charge in [0.15, 0.2) is 0 Å². The highest BCUT2D eigenvalue weighted by molar-refractivity contribution is 4.89. The van der Waals surface area contributed by atoms with Gasteiger partial charge < -0.3 is 5.73 Å². The lowest BCUT2D eigenvalue weighted by Crippen LogP contribution is -2.54. The summed E-state index contributed by atoms with van der Waals surface area (Å²) in [7, 11) is 0. The van der Waals surface area contributed by atoms with Gasteiger partial charge in [-0.15, -0.1) is 0 Å². The van der Waals surface area contributed by atoms with Crippen molar-refractivity contribution in [1.29, 1.82) is 0 Å². The molecule has 94 valence electrons. The molecule has 1 aliphatic heterocycles. The lowest BCUT2D eigenvalue weighted by atomic mass is 9.78. The number of piperidine rings is 1. The van der Waals surface area contributed by atoms with Crippen molar-refractivity contribution in [1.82, 2.24) is 4.90 Å². The van der Waals surface area contributed by atoms with Crippen LogP contribution >= 0.6 is 0 Å². The van der Waals surface area contributed by atoms with Crippen LogP contribution in [0.25, 0.3) is 0 Å². The molecule has 2 fully saturated rings. The highest BCUT2D eigenvalue weighted by Crippen LogP contribution is 2.33. The van der Waals surface area contributed by atoms with Crippen molar-refractivity contribution in [2.75, 3.05) is 13.1 Å². The quantitative estimate of drug-likeness (QED) is 0.741. The van der Waals surface area contributed by atoms with Crippen LogP contribution in [0.5, 0.6) is 0 Å². The van der Waals surface area contributed by atoms with Crippen LogP contribution in [0.1, 0.15) is 46.5 Å². The average molecular weight is 224 g/mol. The smallest absolute Gasteiger partial charge is 0.0194 e. The van der Waals surface area contributed by atoms with Crippen molar-refractivity contribution in [3.63, 3.8) is 0 Å². The van der Waals surface area contributed by atoms with Crippen molar-refractivity contribution in [2.24, 2.45) is 23.5 Å². The third kappa shape index (κ3) is 2.60. The van der Waals surface area contributed by atoms with Crippen LogP contribution in [0.2, 0.25) is 0 Å². The fraction of sp³-hybridized carbons (Fsp3) is 1.00. The molecular formula is C14H28N2. The molecule has 0 aromatic carbocycles. The molecule has 2 aliphatic rings. The van der Waals surface area contributed by atoms with E-state index in [0.717, 1.165) is 24.4 Å². The average Bonchev–Trinajstić information content (AvgIpc) is 2.26. The molecule has 0 aromatic rings. The fourth-order valence-electron chi connectivity index (χ4n) is 3.44. The van der Waals surface area contributed by atoms with Gasteiger partial charge in [-0.2, -0.15) is 0 Å². The highest BCUT2D eigenvalue weighted by atomic mass is 15.2. The van der Waals surface area contributed by atoms with E-state index in [-0.39, 0.29) is 0 Å². The molecule has 5 unspecified atom stereocenters. The molecule has 1 saturated heterocycles. The summed E-state index contributed by atoms with van der Waals surface area (Å²) in [6.07, 6.45) is 5.52. The number of nitrogens with two attached hydrogens (primary N) is 1. The Morgan fingerprint density at radius 2 is 1.75 bits per heavy atom. The first-order valence-corrected chi connectivity index (χ1v) is 7.07. The number of likely N-dealkylation sites (tertiary alicyclic amines) is 1. The van der Waals surface area contributed by atoms with Gasteiger partial charge in [-0.25, -0.2) is 0 Å². The Morgan fingerprint density at radius 3 is 2.44 bits per heavy atom. The van der Waals surface area contributed by atoms with Gasteiger partial charge in [0.1, 0.15) is 0 Å². The molecule has 16 heavy (non-hydrogen) atoms. The van der Waals surface area contributed by atoms with E-state index in [1.54, 1.807) is 0 Å². The predicted octanol–water partition coefficient (Wildman–Crippen LogP) is 2.48. The minimum Gasteiger partial charge on any atom is -0.326 e. The topological polar surface area (TPSA) is 29.3 Å². The molecule has 5 atom stereocenters. The summed E-state index contributed by atoms with van der Waals surface area (Å²) < 4.78 is 0. The van der Waals surface area contributed by atoms with Crippen molar-refractivity contribution in [3.8, 4) is 0 Å². The molecule has 1 heterocycles. The molecule has 2 heteroatoms. The molecule has 2 rings (SSSR count). The Morgan fingerprint density at radius 1 is 1.00 bits per heavy atom. The Bertz CT molecular complexity index is 229. The molecular weight excluding hydrogens is 196 g/mol. The number of hydrogen-bond donors (Lipinski definition) is 1. The van der Waals surface area contributed by atoms with Crippen molar-refractivity contribution < 1.29 is 0 Å². The van der Waals surface area contributed by atoms with Gasteiger partial charge in [-0.1, -0.05) is 27.2 Å². The summed E-state index contributed by atoms with van der Waals surface area (Å²) >= 11 is 0. The lowest BCUT2D eigenvalue weighted by molar-refractivity contribution is 0.0527. The summed E-state index contributed by atoms with van der Waals surface area (Å²) in [5.74, 6) is 2.50. The van der Waals surface area contributed by atoms with E-state index >= 15 is 0 Å². The number of rotatable bonds is 1. The summed E-state index contributed by atoms with van der Waals surface area (Å²) in [6.45, 7) is 9.54. The maximum atomic E-state index is 6.21. The third-order valence-corrected chi connectivity index (χ3v) is 4.93. The standard InChI is InChI=1S/C14H28N2/c1-10-4-5-12(3)14(8-10)16-7-6-11(2)13(15)9-16/h10-14H,4-9,15H2,1-3H3. The molecule has 0 radical (unpaired) electrons. The summed E-state index contributed by atoms with van der Waals surface area (Å²) in [5, 5.41) is 0. The van der Waals surface area contributed by atoms with E-state index in [4.69, 9.17) is 5.73 Å². The molecule has 1 saturated carbocycles. The van der Waals surface area contributed by atoms with Gasteiger partial charge in [0.2, 0.25) is 0 Å². The first-order chi connectivity index (χ1) is 7.58. The molecule has 1 aliphatic carbocycles. The van der Waals surface area contributed by atoms with E-state index in [2.05, 4.69) is 25.7 Å². The van der Waals surface area contributed by atoms with Gasteiger partial charge in [0.25, 0.3) is 0 Å². The van der Waals surface area contributed by atoms with Gasteiger partial charge in [0, 0.05) is 18.6 Å². The number of nitrogens with zero attached hydrogens (tertiary/aromatic N) is 1. The lowest BCUT2D eigenvalue weighted by Gasteiger charge is -2.45. The second-order valence-corrected chi connectivity index (χ2v) is 6.39. The third-order valence-electron chi connectivity index (χ3n) is 4.93. The molecule has 0 bridgehead atoms. The minimum atomic E-state index is 0.401. The largest absolute Gasteiger partial charge is 0.326 e. The summed E-state index contributed by atoms with van der Waals surface area (Å²) in [4.78, 5) is 2.69. The van der Waals surface area contributed by atoms with Crippen molar-refractivity contribution in [2.45, 2.75) is 58.5 Å². The van der Waals surface area contributed by atoms with Gasteiger partial charge >= 0.3 is 0 Å². The summed E-state index contributed by atoms with van der Waals surface area (Å²) in [5.41, 5.74) is 6.21. The van der Waals surface area contributed by atoms with Gasteiger partial charge in [-0.3, -0.25) is 4.90 Å². The van der Waals surface area contributed by atoms with Crippen LogP contribution in [-0.2, 0) is 0 Å².